The average Bonchev–Trinajstić information content (AvgIpc) is 2.53. The molecular formula is C19H23ClN2O4. The quantitative estimate of drug-likeness (QED) is 0.848. The summed E-state index contributed by atoms with van der Waals surface area (Å²) in [6.07, 6.45) is 0.343. The van der Waals surface area contributed by atoms with Crippen molar-refractivity contribution in [3.8, 4) is 6.07 Å². The predicted octanol–water partition coefficient (Wildman–Crippen LogP) is 4.25. The van der Waals surface area contributed by atoms with Crippen LogP contribution in [-0.2, 0) is 9.53 Å². The highest BCUT2D eigenvalue weighted by Crippen LogP contribution is 2.39. The number of ether oxygens (including phenoxy) is 1. The molecule has 1 heterocycles. The summed E-state index contributed by atoms with van der Waals surface area (Å²) < 4.78 is 5.50. The van der Waals surface area contributed by atoms with Crippen molar-refractivity contribution >= 4 is 23.7 Å². The van der Waals surface area contributed by atoms with E-state index in [0.29, 0.717) is 24.4 Å². The first-order chi connectivity index (χ1) is 12.1. The average molecular weight is 379 g/mol. The van der Waals surface area contributed by atoms with E-state index in [1.807, 2.05) is 12.1 Å². The molecule has 0 aliphatic carbocycles. The van der Waals surface area contributed by atoms with Gasteiger partial charge in [-0.3, -0.25) is 4.79 Å². The lowest BCUT2D eigenvalue weighted by Gasteiger charge is -2.40. The van der Waals surface area contributed by atoms with Crippen LogP contribution in [0.2, 0.25) is 5.02 Å². The van der Waals surface area contributed by atoms with E-state index in [9.17, 15) is 20.0 Å². The zero-order valence-electron chi connectivity index (χ0n) is 15.1. The van der Waals surface area contributed by atoms with Gasteiger partial charge in [0.05, 0.1) is 12.1 Å². The number of carboxylic acids is 1. The van der Waals surface area contributed by atoms with Crippen LogP contribution in [0.3, 0.4) is 0 Å². The van der Waals surface area contributed by atoms with Gasteiger partial charge in [0.25, 0.3) is 0 Å². The van der Waals surface area contributed by atoms with Crippen LogP contribution in [0, 0.1) is 23.2 Å². The van der Waals surface area contributed by atoms with E-state index in [-0.39, 0.29) is 5.92 Å². The maximum Gasteiger partial charge on any atom is 0.410 e. The predicted molar refractivity (Wildman–Crippen MR) is 96.6 cm³/mol. The number of likely N-dealkylation sites (tertiary alicyclic amines) is 1. The maximum atomic E-state index is 12.7. The number of carbonyl (C=O) groups excluding carboxylic acids is 1. The number of amides is 1. The number of halogens is 1. The number of piperidine rings is 1. The molecule has 2 rings (SSSR count). The van der Waals surface area contributed by atoms with Gasteiger partial charge in [0.1, 0.15) is 11.5 Å². The van der Waals surface area contributed by atoms with Crippen LogP contribution in [0.5, 0.6) is 0 Å². The van der Waals surface area contributed by atoms with Gasteiger partial charge in [-0.1, -0.05) is 23.7 Å². The fourth-order valence-electron chi connectivity index (χ4n) is 3.23. The van der Waals surface area contributed by atoms with Crippen molar-refractivity contribution in [1.82, 2.24) is 4.90 Å². The van der Waals surface area contributed by atoms with E-state index in [1.165, 1.54) is 0 Å². The monoisotopic (exact) mass is 378 g/mol. The summed E-state index contributed by atoms with van der Waals surface area (Å²) in [7, 11) is 0. The van der Waals surface area contributed by atoms with Crippen LogP contribution in [0.15, 0.2) is 24.3 Å². The van der Waals surface area contributed by atoms with Crippen LogP contribution in [0.1, 0.15) is 45.2 Å². The smallest absolute Gasteiger partial charge is 0.410 e. The van der Waals surface area contributed by atoms with E-state index in [2.05, 4.69) is 0 Å². The third-order valence-corrected chi connectivity index (χ3v) is 4.62. The Morgan fingerprint density at radius 3 is 2.65 bits per heavy atom. The first-order valence-corrected chi connectivity index (χ1v) is 8.87. The fourth-order valence-corrected chi connectivity index (χ4v) is 3.43. The largest absolute Gasteiger partial charge is 0.480 e. The number of carbonyl (C=O) groups is 2. The van der Waals surface area contributed by atoms with Crippen LogP contribution in [0.25, 0.3) is 0 Å². The van der Waals surface area contributed by atoms with Gasteiger partial charge < -0.3 is 14.7 Å². The summed E-state index contributed by atoms with van der Waals surface area (Å²) in [4.78, 5) is 25.6. The lowest BCUT2D eigenvalue weighted by atomic mass is 9.80. The van der Waals surface area contributed by atoms with E-state index < -0.39 is 29.6 Å². The van der Waals surface area contributed by atoms with Crippen molar-refractivity contribution in [3.63, 3.8) is 0 Å². The van der Waals surface area contributed by atoms with Gasteiger partial charge in [-0.05, 0) is 57.2 Å². The molecule has 1 aliphatic rings. The van der Waals surface area contributed by atoms with Crippen LogP contribution >= 0.6 is 11.6 Å². The number of carboxylic acid groups (broad SMARTS) is 1. The molecule has 140 valence electrons. The van der Waals surface area contributed by atoms with Crippen molar-refractivity contribution in [2.75, 3.05) is 6.54 Å². The summed E-state index contributed by atoms with van der Waals surface area (Å²) in [5, 5.41) is 19.1. The summed E-state index contributed by atoms with van der Waals surface area (Å²) in [6, 6.07) is 8.61. The third kappa shape index (κ3) is 4.89. The van der Waals surface area contributed by atoms with Gasteiger partial charge in [-0.2, -0.15) is 5.26 Å². The number of rotatable bonds is 3. The Morgan fingerprint density at radius 2 is 2.12 bits per heavy atom. The van der Waals surface area contributed by atoms with Gasteiger partial charge in [-0.25, -0.2) is 4.79 Å². The van der Waals surface area contributed by atoms with Crippen LogP contribution in [-0.4, -0.2) is 34.2 Å². The molecule has 0 bridgehead atoms. The molecule has 6 nitrogen and oxygen atoms in total. The second-order valence-corrected chi connectivity index (χ2v) is 7.91. The number of nitriles is 1. The Bertz CT molecular complexity index is 723. The molecule has 3 atom stereocenters. The Kier molecular flexibility index (Phi) is 6.14. The molecule has 0 spiro atoms. The number of hydrogen-bond acceptors (Lipinski definition) is 4. The Morgan fingerprint density at radius 1 is 1.42 bits per heavy atom. The van der Waals surface area contributed by atoms with Crippen molar-refractivity contribution in [2.24, 2.45) is 11.8 Å². The highest BCUT2D eigenvalue weighted by Gasteiger charge is 2.40. The van der Waals surface area contributed by atoms with E-state index in [0.717, 1.165) is 5.56 Å². The molecule has 1 saturated heterocycles. The Labute approximate surface area is 158 Å². The minimum Gasteiger partial charge on any atom is -0.480 e. The molecule has 1 aromatic rings. The van der Waals surface area contributed by atoms with Crippen molar-refractivity contribution < 1.29 is 19.4 Å². The topological polar surface area (TPSA) is 90.6 Å². The second kappa shape index (κ2) is 7.96. The van der Waals surface area contributed by atoms with E-state index in [1.54, 1.807) is 43.9 Å². The second-order valence-electron chi connectivity index (χ2n) is 7.47. The SMILES string of the molecule is CC(C)(C)OC(=O)N1CCC(C(C#N)C(=O)O)CC1c1cccc(Cl)c1. The Balaban J connectivity index is 2.33. The summed E-state index contributed by atoms with van der Waals surface area (Å²) in [5.74, 6) is -2.58. The molecule has 0 saturated carbocycles. The van der Waals surface area contributed by atoms with Gasteiger partial charge in [0, 0.05) is 11.6 Å². The van der Waals surface area contributed by atoms with Crippen molar-refractivity contribution in [2.45, 2.75) is 45.3 Å². The van der Waals surface area contributed by atoms with Gasteiger partial charge in [-0.15, -0.1) is 0 Å². The lowest BCUT2D eigenvalue weighted by Crippen LogP contribution is -2.45. The van der Waals surface area contributed by atoms with Crippen LogP contribution < -0.4 is 0 Å². The number of nitrogens with zero attached hydrogens (tertiary/aromatic N) is 2. The van der Waals surface area contributed by atoms with Gasteiger partial charge >= 0.3 is 12.1 Å². The molecule has 1 aromatic carbocycles. The molecule has 0 aromatic heterocycles. The highest BCUT2D eigenvalue weighted by atomic mass is 35.5. The number of hydrogen-bond donors (Lipinski definition) is 1. The van der Waals surface area contributed by atoms with E-state index in [4.69, 9.17) is 16.3 Å². The molecule has 1 N–H and O–H groups in total. The van der Waals surface area contributed by atoms with Crippen molar-refractivity contribution in [1.29, 1.82) is 5.26 Å². The van der Waals surface area contributed by atoms with Crippen molar-refractivity contribution in [3.05, 3.63) is 34.9 Å². The fraction of sp³-hybridized carbons (Fsp3) is 0.526. The minimum atomic E-state index is -1.13. The molecule has 7 heteroatoms. The normalized spacial score (nSPS) is 21.6. The number of benzene rings is 1. The summed E-state index contributed by atoms with van der Waals surface area (Å²) >= 11 is 6.09. The summed E-state index contributed by atoms with van der Waals surface area (Å²) in [5.41, 5.74) is 0.165. The maximum absolute atomic E-state index is 12.7. The number of aliphatic carboxylic acids is 1. The molecule has 3 unspecified atom stereocenters. The molecule has 1 fully saturated rings. The first kappa shape index (κ1) is 20.1. The van der Waals surface area contributed by atoms with Gasteiger partial charge in [0.2, 0.25) is 0 Å². The third-order valence-electron chi connectivity index (χ3n) is 4.38. The molecule has 0 radical (unpaired) electrons. The van der Waals surface area contributed by atoms with E-state index >= 15 is 0 Å². The zero-order chi connectivity index (χ0) is 19.5. The minimum absolute atomic E-state index is 0.322. The zero-order valence-corrected chi connectivity index (χ0v) is 15.9. The van der Waals surface area contributed by atoms with Gasteiger partial charge in [0.15, 0.2) is 0 Å². The molecule has 26 heavy (non-hydrogen) atoms. The van der Waals surface area contributed by atoms with Crippen LogP contribution in [0.4, 0.5) is 4.79 Å². The molecule has 1 amide bonds. The first-order valence-electron chi connectivity index (χ1n) is 8.50. The standard InChI is InChI=1S/C19H23ClN2O4/c1-19(2,3)26-18(25)22-8-7-12(15(11-21)17(23)24)10-16(22)13-5-4-6-14(20)9-13/h4-6,9,12,15-16H,7-8,10H2,1-3H3,(H,23,24). The Hall–Kier alpha value is -2.26. The molecular weight excluding hydrogens is 356 g/mol. The summed E-state index contributed by atoms with van der Waals surface area (Å²) in [6.45, 7) is 5.70. The highest BCUT2D eigenvalue weighted by molar-refractivity contribution is 6.30. The lowest BCUT2D eigenvalue weighted by molar-refractivity contribution is -0.142. The molecule has 1 aliphatic heterocycles.